The normalized spacial score (nSPS) is 16.8. The molecular weight excluding hydrogens is 522 g/mol. The van der Waals surface area contributed by atoms with Gasteiger partial charge in [0.1, 0.15) is 6.04 Å². The number of fused-ring (bicyclic) bond motifs is 2. The first-order valence-corrected chi connectivity index (χ1v) is 15.2. The summed E-state index contributed by atoms with van der Waals surface area (Å²) in [5, 5.41) is 0. The molecule has 210 valence electrons. The fraction of sp³-hybridized carbons (Fsp3) is 0.344. The fourth-order valence-electron chi connectivity index (χ4n) is 5.67. The summed E-state index contributed by atoms with van der Waals surface area (Å²) >= 11 is 0. The van der Waals surface area contributed by atoms with Crippen molar-refractivity contribution in [3.8, 4) is 0 Å². The first kappa shape index (κ1) is 28.2. The second-order valence-electron chi connectivity index (χ2n) is 11.0. The van der Waals surface area contributed by atoms with Crippen LogP contribution in [0, 0.1) is 0 Å². The van der Waals surface area contributed by atoms with Gasteiger partial charge in [-0.2, -0.15) is 4.72 Å². The second-order valence-corrected chi connectivity index (χ2v) is 12.7. The van der Waals surface area contributed by atoms with Gasteiger partial charge in [-0.3, -0.25) is 4.79 Å². The summed E-state index contributed by atoms with van der Waals surface area (Å²) in [6, 6.07) is 23.9. The number of allylic oxidation sites excluding steroid dienone is 1. The van der Waals surface area contributed by atoms with Crippen LogP contribution in [0.2, 0.25) is 0 Å². The van der Waals surface area contributed by atoms with Crippen molar-refractivity contribution in [3.05, 3.63) is 107 Å². The molecule has 0 bridgehead atoms. The molecule has 1 fully saturated rings. The topological polar surface area (TPSA) is 79.0 Å². The molecule has 0 saturated carbocycles. The van der Waals surface area contributed by atoms with Crippen molar-refractivity contribution in [2.75, 3.05) is 33.8 Å². The van der Waals surface area contributed by atoms with E-state index < -0.39 is 16.1 Å². The maximum atomic E-state index is 13.8. The fourth-order valence-corrected chi connectivity index (χ4v) is 6.92. The number of carbonyl (C=O) groups excluding carboxylic acids is 1. The maximum Gasteiger partial charge on any atom is 0.243 e. The van der Waals surface area contributed by atoms with Gasteiger partial charge in [-0.1, -0.05) is 78.9 Å². The number of benzene rings is 3. The number of ether oxygens (including phenoxy) is 1. The molecule has 1 unspecified atom stereocenters. The lowest BCUT2D eigenvalue weighted by atomic mass is 9.74. The Labute approximate surface area is 237 Å². The molecule has 5 rings (SSSR count). The highest BCUT2D eigenvalue weighted by atomic mass is 32.2. The number of sulfonamides is 1. The lowest BCUT2D eigenvalue weighted by molar-refractivity contribution is -0.136. The zero-order valence-corrected chi connectivity index (χ0v) is 23.9. The number of nitrogens with zero attached hydrogens (tertiary/aromatic N) is 2. The van der Waals surface area contributed by atoms with E-state index >= 15 is 0 Å². The summed E-state index contributed by atoms with van der Waals surface area (Å²) in [6.45, 7) is 1.93. The van der Waals surface area contributed by atoms with Crippen molar-refractivity contribution in [2.24, 2.45) is 0 Å². The van der Waals surface area contributed by atoms with E-state index in [-0.39, 0.29) is 29.4 Å². The molecular formula is C32H37N3O4S. The Kier molecular flexibility index (Phi) is 8.51. The number of hydrogen-bond donors (Lipinski definition) is 1. The third-order valence-electron chi connectivity index (χ3n) is 7.75. The summed E-state index contributed by atoms with van der Waals surface area (Å²) < 4.78 is 35.5. The maximum absolute atomic E-state index is 13.8. The Bertz CT molecular complexity index is 1460. The molecule has 1 atom stereocenters. The molecule has 8 heteroatoms. The van der Waals surface area contributed by atoms with E-state index in [1.807, 2.05) is 61.5 Å². The van der Waals surface area contributed by atoms with Gasteiger partial charge in [0.15, 0.2) is 0 Å². The van der Waals surface area contributed by atoms with Crippen molar-refractivity contribution in [3.63, 3.8) is 0 Å². The van der Waals surface area contributed by atoms with Crippen molar-refractivity contribution >= 4 is 22.0 Å². The van der Waals surface area contributed by atoms with Gasteiger partial charge in [-0.25, -0.2) is 8.42 Å². The van der Waals surface area contributed by atoms with Crippen LogP contribution in [0.5, 0.6) is 0 Å². The average Bonchev–Trinajstić information content (AvgIpc) is 3.31. The number of piperidine rings is 1. The molecule has 1 aliphatic carbocycles. The van der Waals surface area contributed by atoms with Gasteiger partial charge < -0.3 is 14.5 Å². The van der Waals surface area contributed by atoms with Gasteiger partial charge in [-0.05, 0) is 61.3 Å². The highest BCUT2D eigenvalue weighted by molar-refractivity contribution is 7.89. The van der Waals surface area contributed by atoms with E-state index in [1.54, 1.807) is 23.1 Å². The van der Waals surface area contributed by atoms with E-state index in [4.69, 9.17) is 4.74 Å². The first-order valence-electron chi connectivity index (χ1n) is 13.7. The largest absolute Gasteiger partial charge is 0.375 e. The van der Waals surface area contributed by atoms with Crippen LogP contribution in [0.15, 0.2) is 89.8 Å². The van der Waals surface area contributed by atoms with E-state index in [9.17, 15) is 13.2 Å². The van der Waals surface area contributed by atoms with Gasteiger partial charge >= 0.3 is 0 Å². The van der Waals surface area contributed by atoms with Crippen molar-refractivity contribution in [1.29, 1.82) is 0 Å². The SMILES string of the molecule is CN(C)Cc1cccc(S(=O)(=O)NC(COCc2ccccc2)C(=O)N2CCC3(C=Cc4ccccc43)CC2)c1. The number of nitrogens with one attached hydrogen (secondary N) is 1. The number of rotatable bonds is 10. The lowest BCUT2D eigenvalue weighted by Crippen LogP contribution is -2.54. The van der Waals surface area contributed by atoms with Crippen molar-refractivity contribution in [2.45, 2.75) is 42.3 Å². The molecule has 3 aromatic carbocycles. The van der Waals surface area contributed by atoms with Crippen LogP contribution < -0.4 is 4.72 Å². The molecule has 1 aliphatic heterocycles. The molecule has 7 nitrogen and oxygen atoms in total. The number of hydrogen-bond acceptors (Lipinski definition) is 5. The van der Waals surface area contributed by atoms with Gasteiger partial charge in [0.2, 0.25) is 15.9 Å². The molecule has 1 saturated heterocycles. The minimum atomic E-state index is -3.97. The molecule has 1 amide bonds. The minimum Gasteiger partial charge on any atom is -0.375 e. The van der Waals surface area contributed by atoms with Crippen LogP contribution >= 0.6 is 0 Å². The molecule has 0 aromatic heterocycles. The summed E-state index contributed by atoms with van der Waals surface area (Å²) in [5.41, 5.74) is 4.31. The lowest BCUT2D eigenvalue weighted by Gasteiger charge is -2.40. The van der Waals surface area contributed by atoms with E-state index in [1.165, 1.54) is 11.1 Å². The average molecular weight is 560 g/mol. The summed E-state index contributed by atoms with van der Waals surface area (Å²) in [4.78, 5) is 17.7. The zero-order valence-electron chi connectivity index (χ0n) is 23.1. The zero-order chi connectivity index (χ0) is 28.2. The molecule has 40 heavy (non-hydrogen) atoms. The second kappa shape index (κ2) is 12.1. The molecule has 1 N–H and O–H groups in total. The number of amides is 1. The number of likely N-dealkylation sites (tertiary alicyclic amines) is 1. The van der Waals surface area contributed by atoms with Crippen LogP contribution in [0.4, 0.5) is 0 Å². The van der Waals surface area contributed by atoms with Gasteiger partial charge in [0.25, 0.3) is 0 Å². The number of carbonyl (C=O) groups is 1. The summed E-state index contributed by atoms with van der Waals surface area (Å²) in [7, 11) is -0.103. The predicted molar refractivity (Wildman–Crippen MR) is 157 cm³/mol. The van der Waals surface area contributed by atoms with Crippen LogP contribution in [0.3, 0.4) is 0 Å². The van der Waals surface area contributed by atoms with Gasteiger partial charge in [0, 0.05) is 25.0 Å². The smallest absolute Gasteiger partial charge is 0.243 e. The van der Waals surface area contributed by atoms with E-state index in [0.29, 0.717) is 19.6 Å². The third-order valence-corrected chi connectivity index (χ3v) is 9.21. The van der Waals surface area contributed by atoms with Crippen molar-refractivity contribution < 1.29 is 17.9 Å². The Morgan fingerprint density at radius 1 is 0.975 bits per heavy atom. The standard InChI is InChI=1S/C32H37N3O4S/c1-34(2)22-26-11-8-13-28(21-26)40(37,38)33-30(24-39-23-25-9-4-3-5-10-25)31(36)35-19-17-32(18-20-35)16-15-27-12-6-7-14-29(27)32/h3-16,21,30,33H,17-20,22-24H2,1-2H3. The highest BCUT2D eigenvalue weighted by Crippen LogP contribution is 2.43. The summed E-state index contributed by atoms with van der Waals surface area (Å²) in [6.07, 6.45) is 6.03. The predicted octanol–water partition coefficient (Wildman–Crippen LogP) is 4.20. The molecule has 0 radical (unpaired) electrons. The van der Waals surface area contributed by atoms with Crippen LogP contribution in [0.25, 0.3) is 6.08 Å². The summed E-state index contributed by atoms with van der Waals surface area (Å²) in [5.74, 6) is -0.258. The van der Waals surface area contributed by atoms with Crippen molar-refractivity contribution in [1.82, 2.24) is 14.5 Å². The Hall–Kier alpha value is -3.30. The molecule has 1 spiro atoms. The quantitative estimate of drug-likeness (QED) is 0.403. The first-order chi connectivity index (χ1) is 19.3. The molecule has 1 heterocycles. The van der Waals surface area contributed by atoms with E-state index in [0.717, 1.165) is 24.0 Å². The van der Waals surface area contributed by atoms with Gasteiger partial charge in [0.05, 0.1) is 18.1 Å². The molecule has 2 aliphatic rings. The van der Waals surface area contributed by atoms with E-state index in [2.05, 4.69) is 35.1 Å². The van der Waals surface area contributed by atoms with Gasteiger partial charge in [-0.15, -0.1) is 0 Å². The monoisotopic (exact) mass is 559 g/mol. The Morgan fingerprint density at radius 2 is 1.68 bits per heavy atom. The minimum absolute atomic E-state index is 0.0608. The Morgan fingerprint density at radius 3 is 2.42 bits per heavy atom. The highest BCUT2D eigenvalue weighted by Gasteiger charge is 2.40. The van der Waals surface area contributed by atoms with Crippen LogP contribution in [-0.2, 0) is 38.1 Å². The Balaban J connectivity index is 1.31. The molecule has 3 aromatic rings. The third kappa shape index (κ3) is 6.36. The van der Waals surface area contributed by atoms with Crippen LogP contribution in [-0.4, -0.2) is 64.0 Å². The van der Waals surface area contributed by atoms with Crippen LogP contribution in [0.1, 0.15) is 35.1 Å².